The van der Waals surface area contributed by atoms with Gasteiger partial charge >= 0.3 is 5.97 Å². The van der Waals surface area contributed by atoms with Crippen molar-refractivity contribution in [3.63, 3.8) is 0 Å². The van der Waals surface area contributed by atoms with Crippen molar-refractivity contribution in [3.8, 4) is 0 Å². The zero-order valence-corrected chi connectivity index (χ0v) is 82.1. The third-order valence-corrected chi connectivity index (χ3v) is 25.5. The van der Waals surface area contributed by atoms with Gasteiger partial charge in [-0.15, -0.1) is 0 Å². The fourth-order valence-electron chi connectivity index (χ4n) is 17.6. The van der Waals surface area contributed by atoms with Gasteiger partial charge in [0, 0.05) is 65.4 Å². The van der Waals surface area contributed by atoms with Gasteiger partial charge in [-0.25, -0.2) is 4.98 Å². The predicted molar refractivity (Wildman–Crippen MR) is 493 cm³/mol. The van der Waals surface area contributed by atoms with Crippen LogP contribution in [0.15, 0.2) is 17.5 Å². The number of carboxylic acids is 1. The SMILES string of the molecule is CNC(=O)CNC(=O)C1CCCN1C(=O)C(C)NC(=O)C1CCCN1C(=O)C(CCCN=C(N)N)NC(=O)C(NC(=O)C(CC(=O)O)NC(=O)C1CCCN1C(=O)C(C)NC(=O)C(CO)NC(=O)C(NC(=O)C(NC(=O)CNC(=O)C(N)Cc1cnc[nH]1)C(C)C)C(C)O[C@H]1O[C@@H](CO[C@@H]2O[C@@H](CO)[C@@H](O[C@@H]3O[C@@H](CO)[C@H](O)C(O)C3O)C(O)C2NC(C)=O)[C@H](O)C(O[C@@H]2O[C@@H](CO)[C@H](O)C(O)C2O)C1NC(C)=O)C(C)O. The van der Waals surface area contributed by atoms with E-state index in [9.17, 15) is 148 Å². The maximum absolute atomic E-state index is 15.3. The summed E-state index contributed by atoms with van der Waals surface area (Å²) in [5, 5.41) is 184. The van der Waals surface area contributed by atoms with Crippen molar-refractivity contribution in [2.24, 2.45) is 28.1 Å². The van der Waals surface area contributed by atoms with Gasteiger partial charge in [0.15, 0.2) is 31.1 Å². The number of amides is 16. The summed E-state index contributed by atoms with van der Waals surface area (Å²) < 4.78 is 47.9. The number of aromatic amines is 1. The number of carbonyl (C=O) groups is 17. The van der Waals surface area contributed by atoms with Crippen LogP contribution in [0.2, 0.25) is 0 Å². The highest BCUT2D eigenvalue weighted by Crippen LogP contribution is 2.35. The molecule has 0 aliphatic carbocycles. The molecule has 7 saturated heterocycles. The fourth-order valence-corrected chi connectivity index (χ4v) is 17.6. The number of imidazole rings is 1. The van der Waals surface area contributed by atoms with Gasteiger partial charge in [0.05, 0.1) is 77.1 Å². The molecule has 147 heavy (non-hydrogen) atoms. The minimum absolute atomic E-state index is 0.0127. The Morgan fingerprint density at radius 1 is 0.510 bits per heavy atom. The quantitative estimate of drug-likeness (QED) is 0.0164. The van der Waals surface area contributed by atoms with Crippen molar-refractivity contribution >= 4 is 106 Å². The first-order valence-electron chi connectivity index (χ1n) is 47.8. The zero-order chi connectivity index (χ0) is 109. The molecular weight excluding hydrogens is 1970 g/mol. The summed E-state index contributed by atoms with van der Waals surface area (Å²) in [6.07, 6.45) is -38.2. The van der Waals surface area contributed by atoms with Crippen LogP contribution in [0.5, 0.6) is 0 Å². The van der Waals surface area contributed by atoms with Crippen LogP contribution in [0.4, 0.5) is 0 Å². The molecule has 0 bridgehead atoms. The summed E-state index contributed by atoms with van der Waals surface area (Å²) in [5.74, 6) is -19.2. The van der Waals surface area contributed by atoms with Crippen LogP contribution >= 0.6 is 0 Å². The second-order valence-electron chi connectivity index (χ2n) is 36.9. The number of ether oxygens (including phenoxy) is 8. The molecule has 7 aliphatic rings. The Morgan fingerprint density at radius 3 is 1.52 bits per heavy atom. The molecule has 61 nitrogen and oxygen atoms in total. The average molecular weight is 2110 g/mol. The number of hydrogen-bond donors (Lipinski definition) is 31. The van der Waals surface area contributed by atoms with Crippen LogP contribution in [-0.2, 0) is 126 Å². The Hall–Kier alpha value is -11.4. The molecule has 1 aromatic rings. The summed E-state index contributed by atoms with van der Waals surface area (Å²) >= 11 is 0. The van der Waals surface area contributed by atoms with E-state index in [1.54, 1.807) is 0 Å². The molecule has 34 atom stereocenters. The first-order chi connectivity index (χ1) is 69.4. The number of carbonyl (C=O) groups excluding carboxylic acids is 16. The number of guanidine groups is 1. The standard InChI is InChI=1S/C86H140N22O39/c1-33(2)55(103-53(117)26-93-70(128)41(87)22-40-24-91-32-95-40)76(134)105-57(37(6)141-83-59(99-39(8)115)69(147-85-67(127)65(125)61(121)49(29-111)143-85)62(122)51(145-83)31-140-82-58(98-38(7)114)63(123)68(50(30-112)144-82)146-84-66(126)64(124)60(120)48(28-110)142-84)78(136)102-44(27-109)72(130)96-34(3)79(137)107-20-12-17-47(107)75(133)101-43(23-54(118)119)71(129)104-56(36(5)113)77(135)100-42(14-10-18-92-86(88)89)81(139)108-21-13-16-46(108)74(132)97-35(4)80(138)106-19-11-15-45(106)73(131)94-25-52(116)90-9/h24,32-37,41-51,55-69,82-85,109-113,120-127H,10-23,25-31,87H2,1-9H3,(H,90,116)(H,91,95)(H,93,128)(H,94,131)(H,96,130)(H,97,132)(H,98,114)(H,99,115)(H,100,135)(H,101,133)(H,102,136)(H,103,117)(H,104,129)(H,105,134)(H,118,119)(H4,88,89,92)/t34?,35?,36?,37?,41?,42?,43?,44?,45?,46?,47?,48-,49-,50-,51-,55?,56?,57?,58?,59?,60-,61-,62-,63?,64?,65?,66?,67?,68+,69?,82+,83-,84-,85-/m0/s1. The molecule has 1 aromatic heterocycles. The van der Waals surface area contributed by atoms with E-state index in [2.05, 4.69) is 84.1 Å². The highest BCUT2D eigenvalue weighted by atomic mass is 16.8. The fraction of sp³-hybridized carbons (Fsp3) is 0.756. The third-order valence-electron chi connectivity index (χ3n) is 25.5. The molecule has 8 rings (SSSR count). The summed E-state index contributed by atoms with van der Waals surface area (Å²) in [4.78, 5) is 250. The maximum atomic E-state index is 15.3. The van der Waals surface area contributed by atoms with Crippen LogP contribution in [0.3, 0.4) is 0 Å². The monoisotopic (exact) mass is 2100 g/mol. The summed E-state index contributed by atoms with van der Waals surface area (Å²) in [5.41, 5.74) is 17.6. The molecule has 0 saturated carbocycles. The van der Waals surface area contributed by atoms with E-state index in [4.69, 9.17) is 55.1 Å². The third kappa shape index (κ3) is 32.6. The van der Waals surface area contributed by atoms with E-state index in [0.29, 0.717) is 12.1 Å². The number of nitrogens with two attached hydrogens (primary N) is 3. The van der Waals surface area contributed by atoms with Crippen molar-refractivity contribution in [1.82, 2.24) is 93.8 Å². The van der Waals surface area contributed by atoms with Crippen LogP contribution in [0.1, 0.15) is 119 Å². The highest BCUT2D eigenvalue weighted by Gasteiger charge is 2.57. The number of aliphatic hydroxyl groups excluding tert-OH is 13. The summed E-state index contributed by atoms with van der Waals surface area (Å²) in [6.45, 7) is 2.34. The molecule has 828 valence electrons. The van der Waals surface area contributed by atoms with E-state index in [1.807, 2.05) is 0 Å². The smallest absolute Gasteiger partial charge is 0.305 e. The lowest BCUT2D eigenvalue weighted by Gasteiger charge is -2.49. The molecule has 0 spiro atoms. The van der Waals surface area contributed by atoms with Gasteiger partial charge in [-0.05, 0) is 85.0 Å². The lowest BCUT2D eigenvalue weighted by atomic mass is 9.94. The van der Waals surface area contributed by atoms with Gasteiger partial charge in [0.2, 0.25) is 94.5 Å². The second-order valence-corrected chi connectivity index (χ2v) is 36.9. The van der Waals surface area contributed by atoms with Crippen molar-refractivity contribution in [3.05, 3.63) is 18.2 Å². The van der Waals surface area contributed by atoms with Crippen molar-refractivity contribution in [2.45, 2.75) is 327 Å². The largest absolute Gasteiger partial charge is 0.481 e. The van der Waals surface area contributed by atoms with E-state index in [1.165, 1.54) is 45.2 Å². The first-order valence-corrected chi connectivity index (χ1v) is 47.8. The number of aliphatic carboxylic acids is 1. The number of likely N-dealkylation sites (tertiary alicyclic amines) is 3. The number of carboxylic acid groups (broad SMARTS) is 1. The van der Waals surface area contributed by atoms with E-state index in [-0.39, 0.29) is 90.0 Å². The number of likely N-dealkylation sites (N-methyl/N-ethyl adjacent to an activating group) is 1. The lowest BCUT2D eigenvalue weighted by molar-refractivity contribution is -0.359. The second kappa shape index (κ2) is 56.3. The van der Waals surface area contributed by atoms with Crippen LogP contribution in [0, 0.1) is 5.92 Å². The molecule has 7 aliphatic heterocycles. The highest BCUT2D eigenvalue weighted by molar-refractivity contribution is 6.01. The molecule has 16 amide bonds. The minimum atomic E-state index is -2.29. The van der Waals surface area contributed by atoms with Crippen LogP contribution in [0.25, 0.3) is 0 Å². The average Bonchev–Trinajstić information content (AvgIpc) is 1.53. The number of rotatable bonds is 50. The Balaban J connectivity index is 1.02. The topological polar surface area (TPSA) is 932 Å². The molecule has 0 radical (unpaired) electrons. The number of aliphatic hydroxyl groups is 13. The number of H-pyrrole nitrogens is 1. The summed E-state index contributed by atoms with van der Waals surface area (Å²) in [6, 6.07) is -23.8. The normalized spacial score (nSPS) is 29.3. The van der Waals surface area contributed by atoms with E-state index < -0.39 is 360 Å². The molecule has 22 unspecified atom stereocenters. The molecule has 61 heteroatoms. The van der Waals surface area contributed by atoms with Gasteiger partial charge in [-0.1, -0.05) is 13.8 Å². The van der Waals surface area contributed by atoms with Gasteiger partial charge in [0.1, 0.15) is 164 Å². The Morgan fingerprint density at radius 2 is 1.00 bits per heavy atom. The Bertz CT molecular complexity index is 4680. The van der Waals surface area contributed by atoms with Gasteiger partial charge in [0.25, 0.3) is 0 Å². The van der Waals surface area contributed by atoms with Gasteiger partial charge in [-0.3, -0.25) is 86.5 Å². The van der Waals surface area contributed by atoms with Crippen molar-refractivity contribution in [2.75, 3.05) is 79.4 Å². The summed E-state index contributed by atoms with van der Waals surface area (Å²) in [7, 11) is 1.37. The zero-order valence-electron chi connectivity index (χ0n) is 82.1. The van der Waals surface area contributed by atoms with Crippen molar-refractivity contribution in [1.29, 1.82) is 0 Å². The molecule has 7 fully saturated rings. The van der Waals surface area contributed by atoms with Gasteiger partial charge < -0.3 is 215 Å². The van der Waals surface area contributed by atoms with E-state index >= 15 is 4.79 Å². The van der Waals surface area contributed by atoms with Crippen LogP contribution < -0.4 is 86.3 Å². The number of aliphatic imine (C=N–C) groups is 1. The first kappa shape index (κ1) is 121. The minimum Gasteiger partial charge on any atom is -0.481 e. The molecule has 34 N–H and O–H groups in total. The maximum Gasteiger partial charge on any atom is 0.305 e. The Kier molecular flexibility index (Phi) is 46.2. The molecule has 8 heterocycles. The van der Waals surface area contributed by atoms with Crippen LogP contribution in [-0.4, -0.2) is 489 Å². The number of aromatic nitrogens is 2. The number of nitrogens with zero attached hydrogens (tertiary/aromatic N) is 5. The Labute approximate surface area is 840 Å². The number of hydrogen-bond acceptors (Lipinski definition) is 41. The van der Waals surface area contributed by atoms with Gasteiger partial charge in [-0.2, -0.15) is 0 Å². The predicted octanol–water partition coefficient (Wildman–Crippen LogP) is -18.3. The number of nitrogens with one attached hydrogen (secondary N) is 14. The molecular formula is C86H140N22O39. The van der Waals surface area contributed by atoms with E-state index in [0.717, 1.165) is 44.4 Å². The molecule has 0 aromatic carbocycles. The van der Waals surface area contributed by atoms with Crippen molar-refractivity contribution < 1.29 is 191 Å². The lowest BCUT2D eigenvalue weighted by Crippen LogP contribution is -2.70.